The van der Waals surface area contributed by atoms with Gasteiger partial charge in [-0.25, -0.2) is 0 Å². The van der Waals surface area contributed by atoms with Gasteiger partial charge in [0.25, 0.3) is 0 Å². The van der Waals surface area contributed by atoms with Crippen molar-refractivity contribution >= 4 is 5.97 Å². The third kappa shape index (κ3) is 10.5. The van der Waals surface area contributed by atoms with E-state index >= 15 is 0 Å². The molecule has 9 heteroatoms. The second-order valence-electron chi connectivity index (χ2n) is 8.97. The monoisotopic (exact) mass is 471 g/mol. The average molecular weight is 472 g/mol. The Morgan fingerprint density at radius 2 is 1.88 bits per heavy atom. The van der Waals surface area contributed by atoms with E-state index in [0.717, 1.165) is 19.3 Å². The van der Waals surface area contributed by atoms with Crippen molar-refractivity contribution in [2.24, 2.45) is 17.6 Å². The summed E-state index contributed by atoms with van der Waals surface area (Å²) in [6, 6.07) is 0. The number of fused-ring (bicyclic) bond motifs is 1. The molecule has 1 saturated carbocycles. The van der Waals surface area contributed by atoms with Gasteiger partial charge in [0.1, 0.15) is 0 Å². The molecule has 1 aliphatic heterocycles. The molecule has 2 fully saturated rings. The van der Waals surface area contributed by atoms with Gasteiger partial charge in [-0.3, -0.25) is 4.79 Å². The zero-order valence-corrected chi connectivity index (χ0v) is 19.5. The van der Waals surface area contributed by atoms with E-state index in [9.17, 15) is 15.0 Å². The maximum atomic E-state index is 10.5. The second kappa shape index (κ2) is 15.4. The van der Waals surface area contributed by atoms with Gasteiger partial charge in [0.15, 0.2) is 0 Å². The predicted molar refractivity (Wildman–Crippen MR) is 123 cm³/mol. The van der Waals surface area contributed by atoms with Gasteiger partial charge in [-0.15, -0.1) is 11.8 Å². The number of carboxylic acids is 1. The summed E-state index contributed by atoms with van der Waals surface area (Å²) >= 11 is 0. The van der Waals surface area contributed by atoms with Crippen LogP contribution in [0.3, 0.4) is 0 Å². The topological polar surface area (TPSA) is 174 Å². The maximum absolute atomic E-state index is 10.5. The molecule has 6 atom stereocenters. The Morgan fingerprint density at radius 1 is 1.21 bits per heavy atom. The lowest BCUT2D eigenvalue weighted by atomic mass is 9.89. The minimum atomic E-state index is -1.21. The third-order valence-corrected chi connectivity index (χ3v) is 6.20. The van der Waals surface area contributed by atoms with Crippen LogP contribution in [-0.4, -0.2) is 86.4 Å². The van der Waals surface area contributed by atoms with Crippen LogP contribution in [0.4, 0.5) is 0 Å². The SMILES string of the molecule is CC#CCC[C@H](O)/C=C/[C@H]1C(O)C[C@@H]2O[C@H](CCCCC(=O)O)C[C@@H]21.NC(CO)(CO)CO. The number of aliphatic hydroxyl groups excluding tert-OH is 5. The number of rotatable bonds is 12. The van der Waals surface area contributed by atoms with E-state index < -0.39 is 43.5 Å². The highest BCUT2D eigenvalue weighted by molar-refractivity contribution is 5.66. The first kappa shape index (κ1) is 29.5. The molecule has 190 valence electrons. The summed E-state index contributed by atoms with van der Waals surface area (Å²) in [5.41, 5.74) is 3.94. The van der Waals surface area contributed by atoms with Crippen molar-refractivity contribution in [1.82, 2.24) is 0 Å². The first-order valence-corrected chi connectivity index (χ1v) is 11.6. The third-order valence-electron chi connectivity index (χ3n) is 6.20. The first-order valence-electron chi connectivity index (χ1n) is 11.6. The first-order chi connectivity index (χ1) is 15.7. The van der Waals surface area contributed by atoms with Crippen molar-refractivity contribution in [1.29, 1.82) is 0 Å². The van der Waals surface area contributed by atoms with Gasteiger partial charge in [-0.2, -0.15) is 0 Å². The number of nitrogens with two attached hydrogens (primary N) is 1. The molecule has 9 nitrogen and oxygen atoms in total. The molecular formula is C24H41NO8. The zero-order valence-electron chi connectivity index (χ0n) is 19.5. The Bertz CT molecular complexity index is 646. The summed E-state index contributed by atoms with van der Waals surface area (Å²) in [6.07, 6.45) is 8.50. The molecule has 0 aromatic rings. The fourth-order valence-electron chi connectivity index (χ4n) is 4.13. The van der Waals surface area contributed by atoms with Crippen LogP contribution in [0.5, 0.6) is 0 Å². The molecule has 2 aliphatic rings. The average Bonchev–Trinajstić information content (AvgIpc) is 3.31. The second-order valence-corrected chi connectivity index (χ2v) is 8.97. The van der Waals surface area contributed by atoms with Crippen LogP contribution < -0.4 is 5.73 Å². The molecule has 1 saturated heterocycles. The van der Waals surface area contributed by atoms with Crippen LogP contribution in [0.25, 0.3) is 0 Å². The van der Waals surface area contributed by atoms with Crippen LogP contribution in [-0.2, 0) is 9.53 Å². The van der Waals surface area contributed by atoms with E-state index in [1.165, 1.54) is 0 Å². The summed E-state index contributed by atoms with van der Waals surface area (Å²) in [7, 11) is 0. The van der Waals surface area contributed by atoms with Crippen LogP contribution >= 0.6 is 0 Å². The predicted octanol–water partition coefficient (Wildman–Crippen LogP) is 0.167. The van der Waals surface area contributed by atoms with Crippen LogP contribution in [0, 0.1) is 23.7 Å². The van der Waals surface area contributed by atoms with Crippen molar-refractivity contribution in [2.45, 2.75) is 88.2 Å². The number of hydrogen-bond donors (Lipinski definition) is 7. The van der Waals surface area contributed by atoms with E-state index in [-0.39, 0.29) is 24.5 Å². The fourth-order valence-corrected chi connectivity index (χ4v) is 4.13. The van der Waals surface area contributed by atoms with E-state index in [1.807, 2.05) is 6.08 Å². The van der Waals surface area contributed by atoms with Gasteiger partial charge < -0.3 is 41.1 Å². The number of hydrogen-bond acceptors (Lipinski definition) is 8. The molecule has 1 heterocycles. The molecule has 0 radical (unpaired) electrons. The highest BCUT2D eigenvalue weighted by atomic mass is 16.5. The summed E-state index contributed by atoms with van der Waals surface area (Å²) in [4.78, 5) is 10.5. The van der Waals surface area contributed by atoms with Crippen molar-refractivity contribution in [3.63, 3.8) is 0 Å². The lowest BCUT2D eigenvalue weighted by molar-refractivity contribution is -0.137. The number of aliphatic carboxylic acids is 1. The Hall–Kier alpha value is -1.51. The molecule has 8 N–H and O–H groups in total. The number of ether oxygens (including phenoxy) is 1. The summed E-state index contributed by atoms with van der Waals surface area (Å²) in [5.74, 6) is 5.32. The quantitative estimate of drug-likeness (QED) is 0.119. The van der Waals surface area contributed by atoms with Gasteiger partial charge in [0.05, 0.1) is 49.8 Å². The van der Waals surface area contributed by atoms with Crippen molar-refractivity contribution in [3.05, 3.63) is 12.2 Å². The van der Waals surface area contributed by atoms with Gasteiger partial charge in [0, 0.05) is 25.2 Å². The fraction of sp³-hybridized carbons (Fsp3) is 0.792. The largest absolute Gasteiger partial charge is 0.481 e. The smallest absolute Gasteiger partial charge is 0.303 e. The Labute approximate surface area is 196 Å². The number of aliphatic hydroxyl groups is 5. The van der Waals surface area contributed by atoms with Crippen LogP contribution in [0.15, 0.2) is 12.2 Å². The Balaban J connectivity index is 0.000000582. The normalized spacial score (nSPS) is 27.4. The minimum Gasteiger partial charge on any atom is -0.481 e. The van der Waals surface area contributed by atoms with Crippen molar-refractivity contribution in [2.75, 3.05) is 19.8 Å². The van der Waals surface area contributed by atoms with Crippen molar-refractivity contribution < 1.29 is 40.2 Å². The number of carboxylic acid groups (broad SMARTS) is 1. The van der Waals surface area contributed by atoms with Crippen LogP contribution in [0.1, 0.15) is 58.3 Å². The summed E-state index contributed by atoms with van der Waals surface area (Å²) in [5, 5.41) is 54.0. The molecule has 2 rings (SSSR count). The Kier molecular flexibility index (Phi) is 13.8. The molecule has 0 spiro atoms. The lowest BCUT2D eigenvalue weighted by Gasteiger charge is -2.20. The van der Waals surface area contributed by atoms with E-state index in [4.69, 9.17) is 30.9 Å². The highest BCUT2D eigenvalue weighted by Gasteiger charge is 2.47. The molecule has 0 aromatic carbocycles. The number of unbranched alkanes of at least 4 members (excludes halogenated alkanes) is 1. The Morgan fingerprint density at radius 3 is 2.42 bits per heavy atom. The van der Waals surface area contributed by atoms with Gasteiger partial charge >= 0.3 is 5.97 Å². The molecule has 1 unspecified atom stereocenters. The van der Waals surface area contributed by atoms with E-state index in [1.54, 1.807) is 13.0 Å². The molecule has 0 amide bonds. The minimum absolute atomic E-state index is 0.0286. The van der Waals surface area contributed by atoms with E-state index in [0.29, 0.717) is 31.6 Å². The molecule has 33 heavy (non-hydrogen) atoms. The maximum Gasteiger partial charge on any atom is 0.303 e. The molecule has 0 aromatic heterocycles. The van der Waals surface area contributed by atoms with Gasteiger partial charge in [0.2, 0.25) is 0 Å². The standard InChI is InChI=1S/C20H30O5.C4H11NO3/c1-2-3-4-7-14(21)10-11-16-17-12-15(8-5-6-9-20(23)24)25-19(17)13-18(16)22;5-4(1-6,2-7)3-8/h10-11,14-19,21-22H,4-9,12-13H2,1H3,(H,23,24);6-8H,1-3,5H2/b11-10+;/t14-,15+,16+,17+,18?,19-;/m0./s1. The molecular weight excluding hydrogens is 430 g/mol. The van der Waals surface area contributed by atoms with Crippen LogP contribution in [0.2, 0.25) is 0 Å². The molecule has 0 bridgehead atoms. The summed E-state index contributed by atoms with van der Waals surface area (Å²) in [6.45, 7) is 0.579. The van der Waals surface area contributed by atoms with E-state index in [2.05, 4.69) is 11.8 Å². The van der Waals surface area contributed by atoms with Gasteiger partial charge in [-0.1, -0.05) is 18.6 Å². The zero-order chi connectivity index (χ0) is 24.9. The number of carbonyl (C=O) groups is 1. The van der Waals surface area contributed by atoms with Gasteiger partial charge in [-0.05, 0) is 38.5 Å². The van der Waals surface area contributed by atoms with Crippen molar-refractivity contribution in [3.8, 4) is 11.8 Å². The molecule has 1 aliphatic carbocycles. The lowest BCUT2D eigenvalue weighted by Crippen LogP contribution is -2.50. The highest BCUT2D eigenvalue weighted by Crippen LogP contribution is 2.45. The summed E-state index contributed by atoms with van der Waals surface area (Å²) < 4.78 is 6.06.